The summed E-state index contributed by atoms with van der Waals surface area (Å²) in [6.07, 6.45) is 0. The first-order valence-corrected chi connectivity index (χ1v) is 4.37. The van der Waals surface area contributed by atoms with Gasteiger partial charge in [0.15, 0.2) is 0 Å². The molecule has 3 N–H and O–H groups in total. The van der Waals surface area contributed by atoms with Crippen molar-refractivity contribution in [2.24, 2.45) is 5.73 Å². The van der Waals surface area contributed by atoms with E-state index in [0.29, 0.717) is 13.1 Å². The molecule has 0 aromatic carbocycles. The average molecular weight is 187 g/mol. The second-order valence-electron chi connectivity index (χ2n) is 2.72. The Balaban J connectivity index is 3.83. The lowest BCUT2D eigenvalue weighted by atomic mass is 10.4. The van der Waals surface area contributed by atoms with Gasteiger partial charge in [0, 0.05) is 6.54 Å². The normalized spacial score (nSPS) is 10.1. The SMILES string of the molecule is CCNC(=O)CN(CC)CC(N)=O. The van der Waals surface area contributed by atoms with Crippen LogP contribution < -0.4 is 11.1 Å². The number of nitrogens with one attached hydrogen (secondary N) is 1. The molecule has 5 nitrogen and oxygen atoms in total. The number of hydrogen-bond acceptors (Lipinski definition) is 3. The van der Waals surface area contributed by atoms with Crippen LogP contribution in [0.3, 0.4) is 0 Å². The molecule has 0 aromatic heterocycles. The summed E-state index contributed by atoms with van der Waals surface area (Å²) in [7, 11) is 0. The summed E-state index contributed by atoms with van der Waals surface area (Å²) < 4.78 is 0. The van der Waals surface area contributed by atoms with Gasteiger partial charge >= 0.3 is 0 Å². The molecule has 0 bridgehead atoms. The zero-order chi connectivity index (χ0) is 10.3. The maximum absolute atomic E-state index is 11.1. The molecule has 0 aliphatic heterocycles. The highest BCUT2D eigenvalue weighted by Gasteiger charge is 2.09. The van der Waals surface area contributed by atoms with Crippen LogP contribution in [0.5, 0.6) is 0 Å². The fourth-order valence-electron chi connectivity index (χ4n) is 0.956. The summed E-state index contributed by atoms with van der Waals surface area (Å²) in [4.78, 5) is 23.3. The van der Waals surface area contributed by atoms with E-state index in [1.165, 1.54) is 0 Å². The molecule has 0 atom stereocenters. The van der Waals surface area contributed by atoms with Crippen LogP contribution >= 0.6 is 0 Å². The van der Waals surface area contributed by atoms with Gasteiger partial charge in [-0.05, 0) is 13.5 Å². The van der Waals surface area contributed by atoms with Gasteiger partial charge in [-0.2, -0.15) is 0 Å². The lowest BCUT2D eigenvalue weighted by Crippen LogP contribution is -2.41. The number of carbonyl (C=O) groups is 2. The summed E-state index contributed by atoms with van der Waals surface area (Å²) in [5.41, 5.74) is 5.01. The molecule has 0 saturated heterocycles. The quantitative estimate of drug-likeness (QED) is 0.556. The van der Waals surface area contributed by atoms with Gasteiger partial charge in [-0.1, -0.05) is 6.92 Å². The minimum Gasteiger partial charge on any atom is -0.369 e. The standard InChI is InChI=1S/C8H17N3O2/c1-3-10-8(13)6-11(4-2)5-7(9)12/h3-6H2,1-2H3,(H2,9,12)(H,10,13). The third kappa shape index (κ3) is 6.10. The number of hydrogen-bond donors (Lipinski definition) is 2. The number of rotatable bonds is 6. The first kappa shape index (κ1) is 11.9. The van der Waals surface area contributed by atoms with Gasteiger partial charge in [-0.25, -0.2) is 0 Å². The number of nitrogens with zero attached hydrogens (tertiary/aromatic N) is 1. The molecule has 2 amide bonds. The molecule has 13 heavy (non-hydrogen) atoms. The predicted molar refractivity (Wildman–Crippen MR) is 50.0 cm³/mol. The van der Waals surface area contributed by atoms with Gasteiger partial charge in [0.1, 0.15) is 0 Å². The Morgan fingerprint density at radius 1 is 1.31 bits per heavy atom. The number of amides is 2. The van der Waals surface area contributed by atoms with E-state index >= 15 is 0 Å². The molecule has 0 aliphatic rings. The molecule has 0 spiro atoms. The van der Waals surface area contributed by atoms with Crippen molar-refractivity contribution in [2.45, 2.75) is 13.8 Å². The Bertz CT molecular complexity index is 182. The van der Waals surface area contributed by atoms with Crippen LogP contribution in [0.1, 0.15) is 13.8 Å². The third-order valence-corrected chi connectivity index (χ3v) is 1.57. The maximum Gasteiger partial charge on any atom is 0.234 e. The monoisotopic (exact) mass is 187 g/mol. The molecule has 0 unspecified atom stereocenters. The Labute approximate surface area is 78.3 Å². The largest absolute Gasteiger partial charge is 0.369 e. The van der Waals surface area contributed by atoms with E-state index in [4.69, 9.17) is 5.73 Å². The fraction of sp³-hybridized carbons (Fsp3) is 0.750. The van der Waals surface area contributed by atoms with Gasteiger partial charge in [0.05, 0.1) is 13.1 Å². The van der Waals surface area contributed by atoms with E-state index in [-0.39, 0.29) is 19.0 Å². The molecule has 0 rings (SSSR count). The number of primary amides is 1. The lowest BCUT2D eigenvalue weighted by Gasteiger charge is -2.17. The first-order chi connectivity index (χ1) is 6.10. The molecule has 5 heteroatoms. The molecule has 76 valence electrons. The van der Waals surface area contributed by atoms with Gasteiger partial charge in [-0.3, -0.25) is 14.5 Å². The predicted octanol–water partition coefficient (Wildman–Crippen LogP) is -1.07. The fourth-order valence-corrected chi connectivity index (χ4v) is 0.956. The van der Waals surface area contributed by atoms with E-state index < -0.39 is 5.91 Å². The molecule has 0 fully saturated rings. The van der Waals surface area contributed by atoms with Crippen LogP contribution in [0, 0.1) is 0 Å². The van der Waals surface area contributed by atoms with Gasteiger partial charge in [-0.15, -0.1) is 0 Å². The molecule has 0 radical (unpaired) electrons. The highest BCUT2D eigenvalue weighted by Crippen LogP contribution is 1.85. The Morgan fingerprint density at radius 3 is 2.31 bits per heavy atom. The van der Waals surface area contributed by atoms with Crippen LogP contribution in [0.2, 0.25) is 0 Å². The molecular formula is C8H17N3O2. The molecule has 0 heterocycles. The van der Waals surface area contributed by atoms with Gasteiger partial charge < -0.3 is 11.1 Å². The van der Waals surface area contributed by atoms with Crippen molar-refractivity contribution in [3.63, 3.8) is 0 Å². The van der Waals surface area contributed by atoms with Crippen molar-refractivity contribution in [3.8, 4) is 0 Å². The van der Waals surface area contributed by atoms with E-state index in [1.807, 2.05) is 13.8 Å². The number of nitrogens with two attached hydrogens (primary N) is 1. The van der Waals surface area contributed by atoms with E-state index in [2.05, 4.69) is 5.32 Å². The topological polar surface area (TPSA) is 75.4 Å². The Kier molecular flexibility index (Phi) is 5.88. The maximum atomic E-state index is 11.1. The molecular weight excluding hydrogens is 170 g/mol. The average Bonchev–Trinajstić information content (AvgIpc) is 2.02. The molecule has 0 aliphatic carbocycles. The number of carbonyl (C=O) groups excluding carboxylic acids is 2. The molecule has 0 aromatic rings. The van der Waals surface area contributed by atoms with Crippen LogP contribution in [0.15, 0.2) is 0 Å². The Morgan fingerprint density at radius 2 is 1.92 bits per heavy atom. The van der Waals surface area contributed by atoms with Crippen LogP contribution in [0.25, 0.3) is 0 Å². The van der Waals surface area contributed by atoms with Crippen LogP contribution in [0.4, 0.5) is 0 Å². The van der Waals surface area contributed by atoms with Crippen molar-refractivity contribution >= 4 is 11.8 Å². The highest BCUT2D eigenvalue weighted by molar-refractivity contribution is 5.80. The van der Waals surface area contributed by atoms with E-state index in [1.54, 1.807) is 4.90 Å². The van der Waals surface area contributed by atoms with Crippen molar-refractivity contribution in [1.82, 2.24) is 10.2 Å². The zero-order valence-corrected chi connectivity index (χ0v) is 8.17. The smallest absolute Gasteiger partial charge is 0.234 e. The zero-order valence-electron chi connectivity index (χ0n) is 8.17. The van der Waals surface area contributed by atoms with Gasteiger partial charge in [0.25, 0.3) is 0 Å². The summed E-state index contributed by atoms with van der Waals surface area (Å²) in [5, 5.41) is 2.65. The highest BCUT2D eigenvalue weighted by atomic mass is 16.2. The summed E-state index contributed by atoms with van der Waals surface area (Å²) >= 11 is 0. The second kappa shape index (κ2) is 6.42. The van der Waals surface area contributed by atoms with Crippen LogP contribution in [-0.4, -0.2) is 42.9 Å². The van der Waals surface area contributed by atoms with Crippen molar-refractivity contribution < 1.29 is 9.59 Å². The minimum atomic E-state index is -0.411. The summed E-state index contributed by atoms with van der Waals surface area (Å²) in [6, 6.07) is 0. The van der Waals surface area contributed by atoms with Gasteiger partial charge in [0.2, 0.25) is 11.8 Å². The van der Waals surface area contributed by atoms with Crippen molar-refractivity contribution in [3.05, 3.63) is 0 Å². The summed E-state index contributed by atoms with van der Waals surface area (Å²) in [5.74, 6) is -0.489. The molecule has 0 saturated carbocycles. The second-order valence-corrected chi connectivity index (χ2v) is 2.72. The minimum absolute atomic E-state index is 0.0781. The van der Waals surface area contributed by atoms with Crippen LogP contribution in [-0.2, 0) is 9.59 Å². The van der Waals surface area contributed by atoms with Crippen molar-refractivity contribution in [2.75, 3.05) is 26.2 Å². The third-order valence-electron chi connectivity index (χ3n) is 1.57. The first-order valence-electron chi connectivity index (χ1n) is 4.37. The van der Waals surface area contributed by atoms with E-state index in [9.17, 15) is 9.59 Å². The van der Waals surface area contributed by atoms with E-state index in [0.717, 1.165) is 0 Å². The van der Waals surface area contributed by atoms with Crippen molar-refractivity contribution in [1.29, 1.82) is 0 Å². The lowest BCUT2D eigenvalue weighted by molar-refractivity contribution is -0.123. The number of likely N-dealkylation sites (N-methyl/N-ethyl adjacent to an activating group) is 2. The Hall–Kier alpha value is -1.10. The summed E-state index contributed by atoms with van der Waals surface area (Å²) in [6.45, 7) is 5.33.